The van der Waals surface area contributed by atoms with Crippen molar-refractivity contribution in [3.8, 4) is 0 Å². The summed E-state index contributed by atoms with van der Waals surface area (Å²) in [6, 6.07) is 9.41. The van der Waals surface area contributed by atoms with E-state index in [0.29, 0.717) is 12.1 Å². The first-order chi connectivity index (χ1) is 7.65. The van der Waals surface area contributed by atoms with E-state index in [1.807, 2.05) is 0 Å². The molecule has 1 aromatic carbocycles. The Labute approximate surface area is 99.5 Å². The molecule has 0 fully saturated rings. The van der Waals surface area contributed by atoms with Gasteiger partial charge in [0, 0.05) is 17.8 Å². The summed E-state index contributed by atoms with van der Waals surface area (Å²) in [5.74, 6) is 0. The summed E-state index contributed by atoms with van der Waals surface area (Å²) in [4.78, 5) is 0. The van der Waals surface area contributed by atoms with Gasteiger partial charge in [-0.2, -0.15) is 0 Å². The number of hydrogen-bond donors (Lipinski definition) is 2. The second-order valence-electron chi connectivity index (χ2n) is 4.56. The highest BCUT2D eigenvalue weighted by atomic mass is 14.9. The highest BCUT2D eigenvalue weighted by molar-refractivity contribution is 5.52. The van der Waals surface area contributed by atoms with Crippen molar-refractivity contribution < 1.29 is 0 Å². The molecule has 0 saturated heterocycles. The number of hydrogen-bond acceptors (Lipinski definition) is 2. The largest absolute Gasteiger partial charge is 0.383 e. The Kier molecular flexibility index (Phi) is 5.33. The van der Waals surface area contributed by atoms with Crippen LogP contribution in [0, 0.1) is 0 Å². The van der Waals surface area contributed by atoms with E-state index in [-0.39, 0.29) is 0 Å². The predicted octanol–water partition coefficient (Wildman–Crippen LogP) is 3.57. The summed E-state index contributed by atoms with van der Waals surface area (Å²) in [6.07, 6.45) is 1.17. The van der Waals surface area contributed by atoms with Gasteiger partial charge in [0.25, 0.3) is 0 Å². The van der Waals surface area contributed by atoms with Gasteiger partial charge in [-0.15, -0.1) is 0 Å². The summed E-state index contributed by atoms with van der Waals surface area (Å²) in [5, 5.41) is 7.01. The monoisotopic (exact) mass is 220 g/mol. The highest BCUT2D eigenvalue weighted by Crippen LogP contribution is 2.22. The molecule has 2 nitrogen and oxygen atoms in total. The van der Waals surface area contributed by atoms with Gasteiger partial charge in [0.15, 0.2) is 0 Å². The predicted molar refractivity (Wildman–Crippen MR) is 71.9 cm³/mol. The van der Waals surface area contributed by atoms with Crippen molar-refractivity contribution in [3.63, 3.8) is 0 Å². The molecule has 0 aliphatic heterocycles. The smallest absolute Gasteiger partial charge is 0.0390 e. The summed E-state index contributed by atoms with van der Waals surface area (Å²) in [5.41, 5.74) is 2.60. The number of para-hydroxylation sites is 1. The molecule has 0 amide bonds. The lowest BCUT2D eigenvalue weighted by Gasteiger charge is -2.20. The molecule has 0 bridgehead atoms. The van der Waals surface area contributed by atoms with Crippen LogP contribution in [0.5, 0.6) is 0 Å². The van der Waals surface area contributed by atoms with E-state index in [4.69, 9.17) is 0 Å². The number of anilines is 1. The van der Waals surface area contributed by atoms with Crippen molar-refractivity contribution >= 4 is 5.69 Å². The Morgan fingerprint density at radius 2 is 1.81 bits per heavy atom. The van der Waals surface area contributed by atoms with Gasteiger partial charge in [-0.05, 0) is 45.4 Å². The Balaban J connectivity index is 2.76. The molecule has 90 valence electrons. The van der Waals surface area contributed by atoms with E-state index >= 15 is 0 Å². The van der Waals surface area contributed by atoms with Gasteiger partial charge in [0.1, 0.15) is 0 Å². The second kappa shape index (κ2) is 6.54. The van der Waals surface area contributed by atoms with E-state index in [9.17, 15) is 0 Å². The van der Waals surface area contributed by atoms with Crippen LogP contribution in [0.15, 0.2) is 24.3 Å². The van der Waals surface area contributed by atoms with Crippen LogP contribution in [0.3, 0.4) is 0 Å². The summed E-state index contributed by atoms with van der Waals surface area (Å²) in [6.45, 7) is 9.81. The molecule has 0 aliphatic carbocycles. The fraction of sp³-hybridized carbons (Fsp3) is 0.571. The van der Waals surface area contributed by atoms with Crippen LogP contribution in [0.4, 0.5) is 5.69 Å². The Morgan fingerprint density at radius 1 is 1.12 bits per heavy atom. The average Bonchev–Trinajstić information content (AvgIpc) is 2.26. The Morgan fingerprint density at radius 3 is 2.44 bits per heavy atom. The zero-order chi connectivity index (χ0) is 12.0. The number of nitrogens with one attached hydrogen (secondary N) is 2. The number of benzene rings is 1. The zero-order valence-corrected chi connectivity index (χ0v) is 10.9. The first-order valence-corrected chi connectivity index (χ1v) is 6.24. The van der Waals surface area contributed by atoms with Gasteiger partial charge >= 0.3 is 0 Å². The maximum absolute atomic E-state index is 3.52. The van der Waals surface area contributed by atoms with Crippen molar-refractivity contribution in [2.75, 3.05) is 11.9 Å². The van der Waals surface area contributed by atoms with Crippen LogP contribution in [0.2, 0.25) is 0 Å². The molecular formula is C14H24N2. The van der Waals surface area contributed by atoms with Crippen LogP contribution >= 0.6 is 0 Å². The molecule has 1 aromatic rings. The molecule has 2 N–H and O–H groups in total. The molecule has 0 radical (unpaired) electrons. The van der Waals surface area contributed by atoms with E-state index in [1.165, 1.54) is 17.7 Å². The fourth-order valence-electron chi connectivity index (χ4n) is 1.79. The molecule has 0 spiro atoms. The van der Waals surface area contributed by atoms with Gasteiger partial charge in [0.05, 0.1) is 0 Å². The van der Waals surface area contributed by atoms with Crippen molar-refractivity contribution in [3.05, 3.63) is 29.8 Å². The van der Waals surface area contributed by atoms with E-state index in [2.05, 4.69) is 62.6 Å². The quantitative estimate of drug-likeness (QED) is 0.766. The Hall–Kier alpha value is -1.02. The summed E-state index contributed by atoms with van der Waals surface area (Å²) >= 11 is 0. The van der Waals surface area contributed by atoms with Crippen LogP contribution in [0.25, 0.3) is 0 Å². The van der Waals surface area contributed by atoms with Gasteiger partial charge in [0.2, 0.25) is 0 Å². The van der Waals surface area contributed by atoms with Crippen molar-refractivity contribution in [1.82, 2.24) is 5.32 Å². The summed E-state index contributed by atoms with van der Waals surface area (Å²) < 4.78 is 0. The van der Waals surface area contributed by atoms with Gasteiger partial charge in [-0.1, -0.05) is 25.1 Å². The third-order valence-electron chi connectivity index (χ3n) is 2.57. The molecule has 16 heavy (non-hydrogen) atoms. The van der Waals surface area contributed by atoms with Crippen molar-refractivity contribution in [2.24, 2.45) is 0 Å². The fourth-order valence-corrected chi connectivity index (χ4v) is 1.79. The SMILES string of the molecule is CCCNC(C)c1ccccc1NC(C)C. The van der Waals surface area contributed by atoms with Crippen LogP contribution in [0.1, 0.15) is 45.7 Å². The lowest BCUT2D eigenvalue weighted by Crippen LogP contribution is -2.21. The minimum atomic E-state index is 0.405. The molecule has 1 unspecified atom stereocenters. The van der Waals surface area contributed by atoms with Crippen molar-refractivity contribution in [1.29, 1.82) is 0 Å². The number of rotatable bonds is 6. The normalized spacial score (nSPS) is 12.8. The van der Waals surface area contributed by atoms with Gasteiger partial charge < -0.3 is 10.6 Å². The first-order valence-electron chi connectivity index (χ1n) is 6.24. The molecular weight excluding hydrogens is 196 g/mol. The lowest BCUT2D eigenvalue weighted by molar-refractivity contribution is 0.571. The molecule has 2 heteroatoms. The third kappa shape index (κ3) is 3.86. The molecule has 0 saturated carbocycles. The molecule has 0 heterocycles. The molecule has 1 rings (SSSR count). The maximum atomic E-state index is 3.52. The van der Waals surface area contributed by atoms with Gasteiger partial charge in [-0.3, -0.25) is 0 Å². The summed E-state index contributed by atoms with van der Waals surface area (Å²) in [7, 11) is 0. The topological polar surface area (TPSA) is 24.1 Å². The minimum Gasteiger partial charge on any atom is -0.383 e. The average molecular weight is 220 g/mol. The van der Waals surface area contributed by atoms with E-state index < -0.39 is 0 Å². The van der Waals surface area contributed by atoms with Crippen LogP contribution < -0.4 is 10.6 Å². The second-order valence-corrected chi connectivity index (χ2v) is 4.56. The minimum absolute atomic E-state index is 0.405. The van der Waals surface area contributed by atoms with E-state index in [0.717, 1.165) is 6.54 Å². The van der Waals surface area contributed by atoms with Crippen LogP contribution in [-0.2, 0) is 0 Å². The van der Waals surface area contributed by atoms with Crippen LogP contribution in [-0.4, -0.2) is 12.6 Å². The molecule has 0 aromatic heterocycles. The van der Waals surface area contributed by atoms with Crippen molar-refractivity contribution in [2.45, 2.75) is 46.2 Å². The zero-order valence-electron chi connectivity index (χ0n) is 10.9. The van der Waals surface area contributed by atoms with Gasteiger partial charge in [-0.25, -0.2) is 0 Å². The lowest BCUT2D eigenvalue weighted by atomic mass is 10.1. The maximum Gasteiger partial charge on any atom is 0.0390 e. The first kappa shape index (κ1) is 13.0. The highest BCUT2D eigenvalue weighted by Gasteiger charge is 2.09. The van der Waals surface area contributed by atoms with E-state index in [1.54, 1.807) is 0 Å². The Bertz CT molecular complexity index is 307. The standard InChI is InChI=1S/C14H24N2/c1-5-10-15-12(4)13-8-6-7-9-14(13)16-11(2)3/h6-9,11-12,15-16H,5,10H2,1-4H3. The molecule has 1 atom stereocenters. The molecule has 0 aliphatic rings. The third-order valence-corrected chi connectivity index (χ3v) is 2.57.